The topological polar surface area (TPSA) is 138 Å². The summed E-state index contributed by atoms with van der Waals surface area (Å²) in [5, 5.41) is 29.5. The van der Waals surface area contributed by atoms with E-state index < -0.39 is 0 Å². The highest BCUT2D eigenvalue weighted by Crippen LogP contribution is 2.11. The van der Waals surface area contributed by atoms with Crippen LogP contribution in [0.4, 0.5) is 0 Å². The number of tetrazole rings is 2. The summed E-state index contributed by atoms with van der Waals surface area (Å²) >= 11 is 0. The third-order valence-electron chi connectivity index (χ3n) is 3.18. The summed E-state index contributed by atoms with van der Waals surface area (Å²) in [6.45, 7) is 8.17. The van der Waals surface area contributed by atoms with Crippen LogP contribution in [0.5, 0.6) is 0 Å². The molecule has 0 fully saturated rings. The van der Waals surface area contributed by atoms with Gasteiger partial charge in [0.25, 0.3) is 11.6 Å². The minimum absolute atomic E-state index is 0.291. The predicted molar refractivity (Wildman–Crippen MR) is 80.9 cm³/mol. The monoisotopic (exact) mass is 328 g/mol. The second-order valence-electron chi connectivity index (χ2n) is 5.59. The molecule has 0 amide bonds. The van der Waals surface area contributed by atoms with Gasteiger partial charge in [-0.3, -0.25) is 0 Å². The average Bonchev–Trinajstić information content (AvgIpc) is 3.23. The fraction of sp³-hybridized carbons (Fsp3) is 0.500. The molecule has 0 atom stereocenters. The Labute approximate surface area is 136 Å². The van der Waals surface area contributed by atoms with E-state index in [1.165, 1.54) is 6.33 Å². The number of nitrogens with zero attached hydrogens (tertiary/aromatic N) is 12. The third-order valence-corrected chi connectivity index (χ3v) is 3.18. The molecular weight excluding hydrogens is 312 g/mol. The molecule has 0 unspecified atom stereocenters. The Bertz CT molecular complexity index is 861. The molecule has 0 aliphatic carbocycles. The van der Waals surface area contributed by atoms with Crippen LogP contribution in [0.25, 0.3) is 11.6 Å². The molecule has 0 aliphatic heterocycles. The molecule has 4 aromatic heterocycles. The lowest BCUT2D eigenvalue weighted by atomic mass is 10.1. The zero-order chi connectivity index (χ0) is 17.1. The second kappa shape index (κ2) is 6.52. The first kappa shape index (κ1) is 15.7. The number of fused-ring (bicyclic) bond motifs is 2. The van der Waals surface area contributed by atoms with Gasteiger partial charge in [0, 0.05) is 5.92 Å². The molecule has 0 saturated heterocycles. The lowest BCUT2D eigenvalue weighted by molar-refractivity contribution is 0.680. The van der Waals surface area contributed by atoms with Crippen molar-refractivity contribution in [2.45, 2.75) is 39.5 Å². The third kappa shape index (κ3) is 2.98. The Morgan fingerprint density at radius 3 is 2.21 bits per heavy atom. The fourth-order valence-corrected chi connectivity index (χ4v) is 2.00. The van der Waals surface area contributed by atoms with Crippen molar-refractivity contribution in [1.29, 1.82) is 0 Å². The maximum absolute atomic E-state index is 4.09. The van der Waals surface area contributed by atoms with E-state index in [1.54, 1.807) is 15.2 Å². The zero-order valence-electron chi connectivity index (χ0n) is 13.7. The van der Waals surface area contributed by atoms with Crippen LogP contribution >= 0.6 is 0 Å². The van der Waals surface area contributed by atoms with Crippen LogP contribution < -0.4 is 0 Å². The molecule has 0 N–H and O–H groups in total. The summed E-state index contributed by atoms with van der Waals surface area (Å²) in [5.74, 6) is 2.39. The normalized spacial score (nSPS) is 11.2. The van der Waals surface area contributed by atoms with Crippen LogP contribution in [-0.4, -0.2) is 60.2 Å². The Balaban J connectivity index is 0.000000141. The molecule has 12 heteroatoms. The van der Waals surface area contributed by atoms with Crippen molar-refractivity contribution in [3.63, 3.8) is 0 Å². The lowest BCUT2D eigenvalue weighted by Crippen LogP contribution is -2.05. The zero-order valence-corrected chi connectivity index (χ0v) is 13.7. The van der Waals surface area contributed by atoms with E-state index in [9.17, 15) is 0 Å². The van der Waals surface area contributed by atoms with Crippen LogP contribution in [0.1, 0.15) is 51.0 Å². The largest absolute Gasteiger partial charge is 0.292 e. The molecule has 12 nitrogen and oxygen atoms in total. The smallest absolute Gasteiger partial charge is 0.221 e. The first-order valence-corrected chi connectivity index (χ1v) is 7.36. The molecule has 4 rings (SSSR count). The van der Waals surface area contributed by atoms with Gasteiger partial charge in [0.1, 0.15) is 12.2 Å². The van der Waals surface area contributed by atoms with Gasteiger partial charge in [0.2, 0.25) is 0 Å². The maximum Gasteiger partial charge on any atom is 0.292 e. The van der Waals surface area contributed by atoms with E-state index in [1.807, 2.05) is 13.8 Å². The highest BCUT2D eigenvalue weighted by molar-refractivity contribution is 5.23. The van der Waals surface area contributed by atoms with Crippen LogP contribution in [0.2, 0.25) is 0 Å². The predicted octanol–water partition coefficient (Wildman–Crippen LogP) is 0.0754. The molecule has 0 saturated carbocycles. The summed E-state index contributed by atoms with van der Waals surface area (Å²) in [6, 6.07) is 0. The van der Waals surface area contributed by atoms with Crippen LogP contribution in [0.3, 0.4) is 0 Å². The van der Waals surface area contributed by atoms with Crippen LogP contribution in [-0.2, 0) is 0 Å². The van der Waals surface area contributed by atoms with E-state index in [2.05, 4.69) is 65.1 Å². The van der Waals surface area contributed by atoms with Crippen molar-refractivity contribution in [3.8, 4) is 0 Å². The van der Waals surface area contributed by atoms with E-state index in [-0.39, 0.29) is 0 Å². The Hall–Kier alpha value is -3.18. The van der Waals surface area contributed by atoms with Crippen LogP contribution in [0, 0.1) is 0 Å². The molecule has 0 bridgehead atoms. The Morgan fingerprint density at radius 2 is 1.50 bits per heavy atom. The minimum Gasteiger partial charge on any atom is -0.221 e. The van der Waals surface area contributed by atoms with Gasteiger partial charge in [0.15, 0.2) is 0 Å². The Kier molecular flexibility index (Phi) is 4.26. The first-order chi connectivity index (χ1) is 11.6. The summed E-state index contributed by atoms with van der Waals surface area (Å²) in [5.41, 5.74) is 0.963. The molecule has 124 valence electrons. The van der Waals surface area contributed by atoms with Crippen LogP contribution in [0.15, 0.2) is 12.5 Å². The van der Waals surface area contributed by atoms with Crippen molar-refractivity contribution in [2.75, 3.05) is 0 Å². The summed E-state index contributed by atoms with van der Waals surface area (Å²) in [7, 11) is 0. The number of aromatic nitrogens is 12. The summed E-state index contributed by atoms with van der Waals surface area (Å²) in [4.78, 5) is 7.99. The highest BCUT2D eigenvalue weighted by Gasteiger charge is 2.09. The number of hydrogen-bond donors (Lipinski definition) is 0. The van der Waals surface area contributed by atoms with Crippen molar-refractivity contribution in [3.05, 3.63) is 24.0 Å². The van der Waals surface area contributed by atoms with Gasteiger partial charge in [-0.25, -0.2) is 4.98 Å². The summed E-state index contributed by atoms with van der Waals surface area (Å²) < 4.78 is 3.14. The fourth-order valence-electron chi connectivity index (χ4n) is 2.00. The number of hydrogen-bond acceptors (Lipinski definition) is 10. The highest BCUT2D eigenvalue weighted by atomic mass is 15.5. The number of rotatable bonds is 2. The van der Waals surface area contributed by atoms with Crippen molar-refractivity contribution < 1.29 is 0 Å². The van der Waals surface area contributed by atoms with E-state index >= 15 is 0 Å². The molecule has 4 heterocycles. The molecule has 0 radical (unpaired) electrons. The first-order valence-electron chi connectivity index (χ1n) is 7.36. The molecule has 0 spiro atoms. The van der Waals surface area contributed by atoms with E-state index in [4.69, 9.17) is 0 Å². The van der Waals surface area contributed by atoms with Gasteiger partial charge in [-0.15, -0.1) is 5.10 Å². The van der Waals surface area contributed by atoms with Gasteiger partial charge < -0.3 is 0 Å². The van der Waals surface area contributed by atoms with Gasteiger partial charge in [-0.1, -0.05) is 37.9 Å². The average molecular weight is 328 g/mol. The van der Waals surface area contributed by atoms with E-state index in [0.717, 1.165) is 11.5 Å². The van der Waals surface area contributed by atoms with Gasteiger partial charge in [0.05, 0.1) is 11.9 Å². The quantitative estimate of drug-likeness (QED) is 0.497. The van der Waals surface area contributed by atoms with Gasteiger partial charge in [-0.05, 0) is 26.8 Å². The van der Waals surface area contributed by atoms with Crippen molar-refractivity contribution >= 4 is 11.6 Å². The van der Waals surface area contributed by atoms with Crippen molar-refractivity contribution in [1.82, 2.24) is 60.2 Å². The standard InChI is InChI=1S/2C6H8N6/c1-4(2)5-7-3-8-6-9-10-11-12(5)6;1-4(2)5-3-7-8-6-9-10-11-12(5)6/h2*3-4H,1-2H3. The lowest BCUT2D eigenvalue weighted by Gasteiger charge is -2.03. The van der Waals surface area contributed by atoms with Crippen molar-refractivity contribution in [2.24, 2.45) is 0 Å². The minimum atomic E-state index is 0.291. The molecule has 0 aliphatic rings. The molecular formula is C12H16N12. The molecule has 0 aromatic carbocycles. The van der Waals surface area contributed by atoms with Gasteiger partial charge in [-0.2, -0.15) is 19.1 Å². The SMILES string of the molecule is CC(C)c1cnnc2nnnn12.CC(C)c1ncnc2nnnn12. The second-order valence-corrected chi connectivity index (χ2v) is 5.59. The van der Waals surface area contributed by atoms with Gasteiger partial charge >= 0.3 is 0 Å². The summed E-state index contributed by atoms with van der Waals surface area (Å²) in [6.07, 6.45) is 3.15. The molecule has 4 aromatic rings. The maximum atomic E-state index is 4.09. The molecule has 24 heavy (non-hydrogen) atoms. The Morgan fingerprint density at radius 1 is 0.792 bits per heavy atom. The van der Waals surface area contributed by atoms with E-state index in [0.29, 0.717) is 23.4 Å².